The summed E-state index contributed by atoms with van der Waals surface area (Å²) in [4.78, 5) is 3.99. The largest absolute Gasteiger partial charge is 0.504 e. The van der Waals surface area contributed by atoms with Crippen molar-refractivity contribution in [3.8, 4) is 11.5 Å². The van der Waals surface area contributed by atoms with Crippen LogP contribution in [0.2, 0.25) is 0 Å². The second-order valence-corrected chi connectivity index (χ2v) is 7.72. The number of ether oxygens (including phenoxy) is 1. The molecule has 1 aromatic heterocycles. The van der Waals surface area contributed by atoms with Gasteiger partial charge in [-0.2, -0.15) is 0 Å². The molecule has 2 aromatic rings. The summed E-state index contributed by atoms with van der Waals surface area (Å²) in [7, 11) is 0. The van der Waals surface area contributed by atoms with Gasteiger partial charge in [-0.25, -0.2) is 4.98 Å². The third-order valence-corrected chi connectivity index (χ3v) is 3.68. The molecule has 0 aliphatic heterocycles. The first-order valence-electron chi connectivity index (χ1n) is 7.55. The number of imidazole rings is 1. The second-order valence-electron chi connectivity index (χ2n) is 7.72. The molecule has 4 nitrogen and oxygen atoms in total. The Kier molecular flexibility index (Phi) is 4.23. The van der Waals surface area contributed by atoms with E-state index in [0.717, 1.165) is 11.1 Å². The highest BCUT2D eigenvalue weighted by Crippen LogP contribution is 2.41. The maximum Gasteiger partial charge on any atom is 0.166 e. The van der Waals surface area contributed by atoms with Crippen LogP contribution < -0.4 is 4.74 Å². The Morgan fingerprint density at radius 2 is 1.77 bits per heavy atom. The van der Waals surface area contributed by atoms with Gasteiger partial charge in [0.15, 0.2) is 18.2 Å². The molecule has 1 heterocycles. The second kappa shape index (κ2) is 5.67. The average molecular weight is 302 g/mol. The van der Waals surface area contributed by atoms with E-state index < -0.39 is 0 Å². The van der Waals surface area contributed by atoms with E-state index in [4.69, 9.17) is 4.74 Å². The predicted octanol–water partition coefficient (Wildman–Crippen LogP) is 4.22. The van der Waals surface area contributed by atoms with Crippen LogP contribution in [0.3, 0.4) is 0 Å². The maximum absolute atomic E-state index is 10.6. The van der Waals surface area contributed by atoms with E-state index >= 15 is 0 Å². The summed E-state index contributed by atoms with van der Waals surface area (Å²) < 4.78 is 7.65. The minimum atomic E-state index is -0.154. The van der Waals surface area contributed by atoms with E-state index in [1.807, 2.05) is 16.8 Å². The Labute approximate surface area is 132 Å². The average Bonchev–Trinajstić information content (AvgIpc) is 2.87. The van der Waals surface area contributed by atoms with Gasteiger partial charge in [0.1, 0.15) is 0 Å². The van der Waals surface area contributed by atoms with Crippen molar-refractivity contribution in [1.82, 2.24) is 9.55 Å². The van der Waals surface area contributed by atoms with Gasteiger partial charge in [-0.3, -0.25) is 0 Å². The summed E-state index contributed by atoms with van der Waals surface area (Å²) in [6.07, 6.45) is 5.22. The monoisotopic (exact) mass is 302 g/mol. The van der Waals surface area contributed by atoms with Crippen molar-refractivity contribution in [2.75, 3.05) is 0 Å². The first kappa shape index (κ1) is 16.4. The summed E-state index contributed by atoms with van der Waals surface area (Å²) in [6.45, 7) is 13.1. The minimum Gasteiger partial charge on any atom is -0.504 e. The number of aromatic nitrogens is 2. The van der Waals surface area contributed by atoms with Gasteiger partial charge in [0.05, 0.1) is 6.33 Å². The summed E-state index contributed by atoms with van der Waals surface area (Å²) in [6, 6.07) is 4.01. The Bertz CT molecular complexity index is 632. The predicted molar refractivity (Wildman–Crippen MR) is 88.4 cm³/mol. The van der Waals surface area contributed by atoms with Crippen molar-refractivity contribution in [1.29, 1.82) is 0 Å². The van der Waals surface area contributed by atoms with Gasteiger partial charge in [0.25, 0.3) is 0 Å². The Morgan fingerprint density at radius 1 is 1.09 bits per heavy atom. The van der Waals surface area contributed by atoms with E-state index in [9.17, 15) is 5.11 Å². The van der Waals surface area contributed by atoms with Gasteiger partial charge >= 0.3 is 0 Å². The minimum absolute atomic E-state index is 0.0131. The molecule has 0 aliphatic rings. The van der Waals surface area contributed by atoms with Crippen molar-refractivity contribution in [2.45, 2.75) is 59.1 Å². The molecule has 0 radical (unpaired) electrons. The molecule has 0 bridgehead atoms. The lowest BCUT2D eigenvalue weighted by atomic mass is 9.80. The van der Waals surface area contributed by atoms with E-state index in [1.165, 1.54) is 0 Å². The number of aromatic hydroxyl groups is 1. The smallest absolute Gasteiger partial charge is 0.166 e. The maximum atomic E-state index is 10.6. The van der Waals surface area contributed by atoms with Gasteiger partial charge in [-0.1, -0.05) is 47.6 Å². The molecular formula is C18H26N2O2. The fourth-order valence-electron chi connectivity index (χ4n) is 2.23. The molecule has 0 atom stereocenters. The van der Waals surface area contributed by atoms with E-state index in [-0.39, 0.29) is 16.6 Å². The molecule has 1 aromatic carbocycles. The molecule has 0 unspecified atom stereocenters. The molecule has 0 aliphatic carbocycles. The van der Waals surface area contributed by atoms with Crippen molar-refractivity contribution in [3.05, 3.63) is 42.0 Å². The molecule has 120 valence electrons. The van der Waals surface area contributed by atoms with Crippen LogP contribution in [0.5, 0.6) is 11.5 Å². The lowest BCUT2D eigenvalue weighted by molar-refractivity contribution is 0.224. The summed E-state index contributed by atoms with van der Waals surface area (Å²) in [5.41, 5.74) is 1.88. The Balaban J connectivity index is 2.42. The zero-order valence-electron chi connectivity index (χ0n) is 14.3. The van der Waals surface area contributed by atoms with Crippen LogP contribution in [0, 0.1) is 0 Å². The lowest BCUT2D eigenvalue weighted by Gasteiger charge is -2.27. The topological polar surface area (TPSA) is 47.3 Å². The van der Waals surface area contributed by atoms with Crippen LogP contribution >= 0.6 is 0 Å². The first-order valence-corrected chi connectivity index (χ1v) is 7.55. The number of hydrogen-bond donors (Lipinski definition) is 1. The zero-order chi connectivity index (χ0) is 16.5. The molecular weight excluding hydrogens is 276 g/mol. The highest BCUT2D eigenvalue weighted by molar-refractivity contribution is 5.52. The standard InChI is InChI=1S/C18H26N2O2/c1-17(2,3)13-9-14(18(4,5)6)16(21)15(10-13)22-12-20-8-7-19-11-20/h7-11,21H,12H2,1-6H3. The van der Waals surface area contributed by atoms with Crippen LogP contribution in [0.15, 0.2) is 30.9 Å². The number of phenolic OH excluding ortho intramolecular Hbond substituents is 1. The summed E-state index contributed by atoms with van der Waals surface area (Å²) in [5.74, 6) is 0.742. The Hall–Kier alpha value is -1.97. The van der Waals surface area contributed by atoms with E-state index in [0.29, 0.717) is 12.5 Å². The number of phenols is 1. The van der Waals surface area contributed by atoms with Crippen LogP contribution in [0.25, 0.3) is 0 Å². The van der Waals surface area contributed by atoms with Crippen molar-refractivity contribution in [2.24, 2.45) is 0 Å². The van der Waals surface area contributed by atoms with Crippen LogP contribution in [-0.4, -0.2) is 14.7 Å². The summed E-state index contributed by atoms with van der Waals surface area (Å²) >= 11 is 0. The highest BCUT2D eigenvalue weighted by Gasteiger charge is 2.25. The van der Waals surface area contributed by atoms with E-state index in [1.54, 1.807) is 12.5 Å². The molecule has 0 fully saturated rings. The van der Waals surface area contributed by atoms with Crippen molar-refractivity contribution in [3.63, 3.8) is 0 Å². The lowest BCUT2D eigenvalue weighted by Crippen LogP contribution is -2.17. The highest BCUT2D eigenvalue weighted by atomic mass is 16.5. The SMILES string of the molecule is CC(C)(C)c1cc(OCn2ccnc2)c(O)c(C(C)(C)C)c1. The van der Waals surface area contributed by atoms with Crippen LogP contribution in [0.1, 0.15) is 52.7 Å². The van der Waals surface area contributed by atoms with Gasteiger partial charge in [-0.05, 0) is 22.5 Å². The number of benzene rings is 1. The molecule has 0 spiro atoms. The van der Waals surface area contributed by atoms with Gasteiger partial charge < -0.3 is 14.4 Å². The third kappa shape index (κ3) is 3.62. The normalized spacial score (nSPS) is 12.5. The van der Waals surface area contributed by atoms with Gasteiger partial charge in [-0.15, -0.1) is 0 Å². The molecule has 0 saturated carbocycles. The Morgan fingerprint density at radius 3 is 2.27 bits per heavy atom. The summed E-state index contributed by atoms with van der Waals surface area (Å²) in [5, 5.41) is 10.6. The van der Waals surface area contributed by atoms with Gasteiger partial charge in [0.2, 0.25) is 0 Å². The van der Waals surface area contributed by atoms with Crippen molar-refractivity contribution < 1.29 is 9.84 Å². The fourth-order valence-corrected chi connectivity index (χ4v) is 2.23. The molecule has 4 heteroatoms. The molecule has 22 heavy (non-hydrogen) atoms. The quantitative estimate of drug-likeness (QED) is 0.923. The fraction of sp³-hybridized carbons (Fsp3) is 0.500. The molecule has 0 amide bonds. The van der Waals surface area contributed by atoms with Crippen molar-refractivity contribution >= 4 is 0 Å². The number of hydrogen-bond acceptors (Lipinski definition) is 3. The zero-order valence-corrected chi connectivity index (χ0v) is 14.3. The molecule has 2 rings (SSSR count). The molecule has 0 saturated heterocycles. The first-order chi connectivity index (χ1) is 10.1. The number of nitrogens with zero attached hydrogens (tertiary/aromatic N) is 2. The number of rotatable bonds is 3. The third-order valence-electron chi connectivity index (χ3n) is 3.68. The van der Waals surface area contributed by atoms with Crippen LogP contribution in [0.4, 0.5) is 0 Å². The van der Waals surface area contributed by atoms with E-state index in [2.05, 4.69) is 52.6 Å². The molecule has 1 N–H and O–H groups in total. The van der Waals surface area contributed by atoms with Crippen LogP contribution in [-0.2, 0) is 17.6 Å². The van der Waals surface area contributed by atoms with Gasteiger partial charge in [0, 0.05) is 18.0 Å².